The standard InChI is InChI=1S/C37H52ClN5O/c1-3-4-5-6-7-8-9-10-11-12-13-14-15-16-17-20-25-39-37(44)43-34-22-19-18-21-32(34)36(42-28-26-41(2)27-29-42)40-33-30-31(38)23-24-35(33)43/h7-8,10-11,18-19,21-24,30H,3-6,9,12-17,20,25-29H2,1-2H3,(H,39,44)/b8-7-,11-10-. The summed E-state index contributed by atoms with van der Waals surface area (Å²) in [5.74, 6) is 0.901. The fraction of sp³-hybridized carbons (Fsp3) is 0.514. The van der Waals surface area contributed by atoms with Gasteiger partial charge in [-0.15, -0.1) is 0 Å². The Kier molecular flexibility index (Phi) is 14.3. The second-order valence-electron chi connectivity index (χ2n) is 12.0. The summed E-state index contributed by atoms with van der Waals surface area (Å²) in [4.78, 5) is 25.3. The van der Waals surface area contributed by atoms with Gasteiger partial charge in [-0.25, -0.2) is 9.79 Å². The van der Waals surface area contributed by atoms with E-state index in [1.165, 1.54) is 57.8 Å². The van der Waals surface area contributed by atoms with Gasteiger partial charge in [-0.1, -0.05) is 93.5 Å². The highest BCUT2D eigenvalue weighted by molar-refractivity contribution is 6.31. The normalized spacial score (nSPS) is 15.4. The van der Waals surface area contributed by atoms with E-state index in [4.69, 9.17) is 16.6 Å². The van der Waals surface area contributed by atoms with Gasteiger partial charge in [0.05, 0.1) is 17.1 Å². The molecule has 2 aliphatic heterocycles. The van der Waals surface area contributed by atoms with E-state index in [2.05, 4.69) is 59.5 Å². The van der Waals surface area contributed by atoms with Gasteiger partial charge in [0, 0.05) is 43.3 Å². The van der Waals surface area contributed by atoms with Crippen LogP contribution < -0.4 is 10.2 Å². The number of nitrogens with zero attached hydrogens (tertiary/aromatic N) is 4. The Hall–Kier alpha value is -3.09. The number of halogens is 1. The van der Waals surface area contributed by atoms with Gasteiger partial charge in [0.2, 0.25) is 0 Å². The van der Waals surface area contributed by atoms with Crippen LogP contribution in [-0.4, -0.2) is 61.4 Å². The summed E-state index contributed by atoms with van der Waals surface area (Å²) in [6, 6.07) is 13.6. The number of aliphatic imine (C=N–C) groups is 1. The lowest BCUT2D eigenvalue weighted by molar-refractivity contribution is 0.216. The number of benzene rings is 2. The molecule has 0 unspecified atom stereocenters. The highest BCUT2D eigenvalue weighted by Crippen LogP contribution is 2.41. The number of fused-ring (bicyclic) bond motifs is 2. The van der Waals surface area contributed by atoms with Crippen LogP contribution in [0.25, 0.3) is 0 Å². The smallest absolute Gasteiger partial charge is 0.326 e. The highest BCUT2D eigenvalue weighted by atomic mass is 35.5. The maximum atomic E-state index is 13.7. The van der Waals surface area contributed by atoms with E-state index in [0.717, 1.165) is 68.2 Å². The number of amidine groups is 1. The molecule has 238 valence electrons. The quantitative estimate of drug-likeness (QED) is 0.160. The van der Waals surface area contributed by atoms with Gasteiger partial charge in [0.15, 0.2) is 0 Å². The van der Waals surface area contributed by atoms with Crippen molar-refractivity contribution in [1.82, 2.24) is 15.1 Å². The zero-order valence-electron chi connectivity index (χ0n) is 26.9. The van der Waals surface area contributed by atoms with Gasteiger partial charge >= 0.3 is 6.03 Å². The van der Waals surface area contributed by atoms with Crippen molar-refractivity contribution in [1.29, 1.82) is 0 Å². The molecule has 2 aromatic rings. The number of allylic oxidation sites excluding steroid dienone is 4. The number of unbranched alkanes of at least 4 members (excludes halogenated alkanes) is 9. The van der Waals surface area contributed by atoms with Gasteiger partial charge < -0.3 is 15.1 Å². The van der Waals surface area contributed by atoms with Crippen LogP contribution in [0.2, 0.25) is 5.02 Å². The Bertz CT molecular complexity index is 1260. The van der Waals surface area contributed by atoms with Crippen molar-refractivity contribution in [3.05, 3.63) is 77.4 Å². The Morgan fingerprint density at radius 3 is 2.27 bits per heavy atom. The molecule has 2 amide bonds. The minimum absolute atomic E-state index is 0.126. The van der Waals surface area contributed by atoms with Crippen LogP contribution in [0.15, 0.2) is 71.8 Å². The lowest BCUT2D eigenvalue weighted by atomic mass is 10.1. The molecule has 0 radical (unpaired) electrons. The van der Waals surface area contributed by atoms with Gasteiger partial charge in [0.1, 0.15) is 5.84 Å². The maximum absolute atomic E-state index is 13.7. The molecular weight excluding hydrogens is 566 g/mol. The number of amides is 2. The fourth-order valence-electron chi connectivity index (χ4n) is 5.80. The summed E-state index contributed by atoms with van der Waals surface area (Å²) < 4.78 is 0. The molecule has 7 heteroatoms. The number of carbonyl (C=O) groups is 1. The first-order chi connectivity index (χ1) is 21.6. The monoisotopic (exact) mass is 617 g/mol. The maximum Gasteiger partial charge on any atom is 0.326 e. The minimum atomic E-state index is -0.126. The Morgan fingerprint density at radius 2 is 1.52 bits per heavy atom. The van der Waals surface area contributed by atoms with Crippen molar-refractivity contribution in [2.45, 2.75) is 84.0 Å². The molecule has 0 atom stereocenters. The van der Waals surface area contributed by atoms with Gasteiger partial charge in [0.25, 0.3) is 0 Å². The molecule has 1 fully saturated rings. The molecule has 0 aliphatic carbocycles. The third kappa shape index (κ3) is 10.2. The molecule has 0 aromatic heterocycles. The Morgan fingerprint density at radius 1 is 0.841 bits per heavy atom. The molecule has 0 bridgehead atoms. The third-order valence-corrected chi connectivity index (χ3v) is 8.69. The molecule has 1 N–H and O–H groups in total. The van der Waals surface area contributed by atoms with E-state index in [1.807, 2.05) is 36.4 Å². The number of para-hydroxylation sites is 1. The van der Waals surface area contributed by atoms with Crippen molar-refractivity contribution in [3.8, 4) is 0 Å². The minimum Gasteiger partial charge on any atom is -0.353 e. The summed E-state index contributed by atoms with van der Waals surface area (Å²) in [5.41, 5.74) is 3.28. The number of hydrogen-bond acceptors (Lipinski definition) is 4. The van der Waals surface area contributed by atoms with Crippen LogP contribution in [0, 0.1) is 0 Å². The lowest BCUT2D eigenvalue weighted by Gasteiger charge is -2.35. The van der Waals surface area contributed by atoms with E-state index in [9.17, 15) is 4.79 Å². The number of piperazine rings is 1. The van der Waals surface area contributed by atoms with Crippen molar-refractivity contribution in [3.63, 3.8) is 0 Å². The summed E-state index contributed by atoms with van der Waals surface area (Å²) in [6.07, 6.45) is 23.7. The van der Waals surface area contributed by atoms with Crippen LogP contribution in [0.1, 0.15) is 89.5 Å². The van der Waals surface area contributed by atoms with Gasteiger partial charge in [-0.05, 0) is 75.9 Å². The highest BCUT2D eigenvalue weighted by Gasteiger charge is 2.30. The summed E-state index contributed by atoms with van der Waals surface area (Å²) in [6.45, 7) is 6.63. The molecular formula is C37H52ClN5O. The molecule has 1 saturated heterocycles. The third-order valence-electron chi connectivity index (χ3n) is 8.45. The first-order valence-corrected chi connectivity index (χ1v) is 17.3. The lowest BCUT2D eigenvalue weighted by Crippen LogP contribution is -2.47. The summed E-state index contributed by atoms with van der Waals surface area (Å²) in [5, 5.41) is 3.80. The molecule has 2 aromatic carbocycles. The van der Waals surface area contributed by atoms with E-state index >= 15 is 0 Å². The molecule has 6 nitrogen and oxygen atoms in total. The van der Waals surface area contributed by atoms with E-state index < -0.39 is 0 Å². The fourth-order valence-corrected chi connectivity index (χ4v) is 5.97. The number of likely N-dealkylation sites (N-methyl/N-ethyl adjacent to an activating group) is 1. The van der Waals surface area contributed by atoms with Crippen LogP contribution in [-0.2, 0) is 0 Å². The summed E-state index contributed by atoms with van der Waals surface area (Å²) in [7, 11) is 2.15. The molecule has 4 rings (SSSR count). The second kappa shape index (κ2) is 18.7. The van der Waals surface area contributed by atoms with Crippen LogP contribution >= 0.6 is 11.6 Å². The number of hydrogen-bond donors (Lipinski definition) is 1. The number of carbonyl (C=O) groups excluding carboxylic acids is 1. The first kappa shape index (κ1) is 33.8. The predicted octanol–water partition coefficient (Wildman–Crippen LogP) is 9.64. The Balaban J connectivity index is 1.24. The predicted molar refractivity (Wildman–Crippen MR) is 188 cm³/mol. The second-order valence-corrected chi connectivity index (χ2v) is 12.5. The van der Waals surface area contributed by atoms with Gasteiger partial charge in [-0.3, -0.25) is 4.90 Å². The molecule has 0 spiro atoms. The SMILES string of the molecule is CCCCC/C=C\C/C=C\CCCCCCCCNC(=O)N1c2ccc(Cl)cc2N=C(N2CCN(C)CC2)c2ccccc21. The average Bonchev–Trinajstić information content (AvgIpc) is 3.17. The van der Waals surface area contributed by atoms with E-state index in [0.29, 0.717) is 17.3 Å². The van der Waals surface area contributed by atoms with Crippen LogP contribution in [0.5, 0.6) is 0 Å². The zero-order valence-corrected chi connectivity index (χ0v) is 27.7. The molecule has 0 saturated carbocycles. The number of urea groups is 1. The number of rotatable bonds is 15. The van der Waals surface area contributed by atoms with Crippen molar-refractivity contribution in [2.24, 2.45) is 4.99 Å². The number of nitrogens with one attached hydrogen (secondary N) is 1. The molecule has 44 heavy (non-hydrogen) atoms. The first-order valence-electron chi connectivity index (χ1n) is 16.9. The van der Waals surface area contributed by atoms with E-state index in [-0.39, 0.29) is 6.03 Å². The van der Waals surface area contributed by atoms with Crippen LogP contribution in [0.3, 0.4) is 0 Å². The van der Waals surface area contributed by atoms with Gasteiger partial charge in [-0.2, -0.15) is 0 Å². The van der Waals surface area contributed by atoms with Crippen molar-refractivity contribution < 1.29 is 4.79 Å². The van der Waals surface area contributed by atoms with E-state index in [1.54, 1.807) is 4.90 Å². The van der Waals surface area contributed by atoms with Crippen molar-refractivity contribution >= 4 is 40.5 Å². The Labute approximate surface area is 270 Å². The largest absolute Gasteiger partial charge is 0.353 e. The summed E-state index contributed by atoms with van der Waals surface area (Å²) >= 11 is 6.42. The topological polar surface area (TPSA) is 51.2 Å². The molecule has 2 aliphatic rings. The van der Waals surface area contributed by atoms with Crippen molar-refractivity contribution in [2.75, 3.05) is 44.7 Å². The zero-order chi connectivity index (χ0) is 31.0. The van der Waals surface area contributed by atoms with Crippen LogP contribution in [0.4, 0.5) is 21.9 Å². The molecule has 2 heterocycles. The number of anilines is 2. The average molecular weight is 618 g/mol.